The van der Waals surface area contributed by atoms with Crippen LogP contribution < -0.4 is 14.8 Å². The molecule has 0 aromatic heterocycles. The van der Waals surface area contributed by atoms with Crippen molar-refractivity contribution in [2.24, 2.45) is 0 Å². The average Bonchev–Trinajstić information content (AvgIpc) is 2.90. The number of amides is 3. The van der Waals surface area contributed by atoms with Gasteiger partial charge in [0.25, 0.3) is 11.1 Å². The van der Waals surface area contributed by atoms with Gasteiger partial charge in [-0.25, -0.2) is 0 Å². The molecule has 1 fully saturated rings. The van der Waals surface area contributed by atoms with Crippen LogP contribution in [0, 0.1) is 0 Å². The number of nitrogens with zero attached hydrogens (tertiary/aromatic N) is 1. The fourth-order valence-corrected chi connectivity index (χ4v) is 3.25. The summed E-state index contributed by atoms with van der Waals surface area (Å²) in [6.07, 6.45) is 2.40. The molecule has 0 aliphatic carbocycles. The van der Waals surface area contributed by atoms with Gasteiger partial charge >= 0.3 is 0 Å². The first kappa shape index (κ1) is 20.8. The predicted octanol–water partition coefficient (Wildman–Crippen LogP) is 3.05. The summed E-state index contributed by atoms with van der Waals surface area (Å²) in [5.74, 6) is 0.382. The van der Waals surface area contributed by atoms with Gasteiger partial charge in [0.05, 0.1) is 18.1 Å². The molecule has 0 unspecified atom stereocenters. The van der Waals surface area contributed by atoms with Crippen LogP contribution in [-0.4, -0.2) is 48.3 Å². The molecule has 1 aliphatic rings. The molecule has 0 spiro atoms. The first-order chi connectivity index (χ1) is 13.0. The van der Waals surface area contributed by atoms with E-state index in [0.717, 1.165) is 23.1 Å². The molecule has 3 amide bonds. The zero-order valence-electron chi connectivity index (χ0n) is 15.7. The standard InChI is InChI=1S/C19H24N2O5S/c1-4-9-20-17(22)12-21-18(23)16(27-19(21)24)11-13-7-8-14(25-5-2)15(10-13)26-6-3/h7-8,10-11H,4-6,9,12H2,1-3H3,(H,20,22)/b16-11-. The van der Waals surface area contributed by atoms with Gasteiger partial charge in [-0.1, -0.05) is 13.0 Å². The maximum atomic E-state index is 12.5. The minimum Gasteiger partial charge on any atom is -0.490 e. The Kier molecular flexibility index (Phi) is 7.72. The van der Waals surface area contributed by atoms with E-state index >= 15 is 0 Å². The van der Waals surface area contributed by atoms with E-state index in [0.29, 0.717) is 36.8 Å². The van der Waals surface area contributed by atoms with Crippen molar-refractivity contribution in [1.82, 2.24) is 10.2 Å². The topological polar surface area (TPSA) is 84.9 Å². The van der Waals surface area contributed by atoms with Crippen molar-refractivity contribution < 1.29 is 23.9 Å². The molecular formula is C19H24N2O5S. The summed E-state index contributed by atoms with van der Waals surface area (Å²) in [6, 6.07) is 5.31. The van der Waals surface area contributed by atoms with Crippen molar-refractivity contribution in [3.63, 3.8) is 0 Å². The van der Waals surface area contributed by atoms with Crippen LogP contribution in [0.25, 0.3) is 6.08 Å². The molecule has 1 N–H and O–H groups in total. The zero-order chi connectivity index (χ0) is 19.8. The Morgan fingerprint density at radius 2 is 1.85 bits per heavy atom. The summed E-state index contributed by atoms with van der Waals surface area (Å²) in [7, 11) is 0. The molecule has 7 nitrogen and oxygen atoms in total. The smallest absolute Gasteiger partial charge is 0.294 e. The molecule has 27 heavy (non-hydrogen) atoms. The summed E-state index contributed by atoms with van der Waals surface area (Å²) in [4.78, 5) is 37.6. The number of hydrogen-bond donors (Lipinski definition) is 1. The predicted molar refractivity (Wildman–Crippen MR) is 105 cm³/mol. The van der Waals surface area contributed by atoms with Crippen molar-refractivity contribution in [1.29, 1.82) is 0 Å². The molecular weight excluding hydrogens is 368 g/mol. The lowest BCUT2D eigenvalue weighted by molar-refractivity contribution is -0.129. The molecule has 1 saturated heterocycles. The normalized spacial score (nSPS) is 15.4. The zero-order valence-corrected chi connectivity index (χ0v) is 16.6. The Morgan fingerprint density at radius 1 is 1.15 bits per heavy atom. The summed E-state index contributed by atoms with van der Waals surface area (Å²) in [6.45, 7) is 6.92. The Hall–Kier alpha value is -2.48. The highest BCUT2D eigenvalue weighted by Crippen LogP contribution is 2.34. The van der Waals surface area contributed by atoms with Gasteiger partial charge in [-0.15, -0.1) is 0 Å². The molecule has 0 bridgehead atoms. The first-order valence-electron chi connectivity index (χ1n) is 8.91. The van der Waals surface area contributed by atoms with Gasteiger partial charge in [0, 0.05) is 6.54 Å². The van der Waals surface area contributed by atoms with Crippen molar-refractivity contribution in [3.05, 3.63) is 28.7 Å². The van der Waals surface area contributed by atoms with E-state index in [2.05, 4.69) is 5.32 Å². The van der Waals surface area contributed by atoms with E-state index in [9.17, 15) is 14.4 Å². The number of nitrogens with one attached hydrogen (secondary N) is 1. The summed E-state index contributed by atoms with van der Waals surface area (Å²) in [5, 5.41) is 2.21. The number of hydrogen-bond acceptors (Lipinski definition) is 6. The van der Waals surface area contributed by atoms with Gasteiger partial charge in [-0.2, -0.15) is 0 Å². The average molecular weight is 392 g/mol. The lowest BCUT2D eigenvalue weighted by atomic mass is 10.2. The number of imide groups is 1. The van der Waals surface area contributed by atoms with Crippen LogP contribution in [0.1, 0.15) is 32.8 Å². The van der Waals surface area contributed by atoms with E-state index in [1.807, 2.05) is 20.8 Å². The number of rotatable bonds is 9. The minimum absolute atomic E-state index is 0.268. The minimum atomic E-state index is -0.469. The maximum absolute atomic E-state index is 12.5. The SMILES string of the molecule is CCCNC(=O)CN1C(=O)S/C(=C\c2ccc(OCC)c(OCC)c2)C1=O. The van der Waals surface area contributed by atoms with E-state index in [-0.39, 0.29) is 17.4 Å². The van der Waals surface area contributed by atoms with Gasteiger partial charge in [0.2, 0.25) is 5.91 Å². The third-order valence-electron chi connectivity index (χ3n) is 3.61. The van der Waals surface area contributed by atoms with Crippen LogP contribution in [0.15, 0.2) is 23.1 Å². The Morgan fingerprint density at radius 3 is 2.52 bits per heavy atom. The maximum Gasteiger partial charge on any atom is 0.294 e. The highest BCUT2D eigenvalue weighted by molar-refractivity contribution is 8.18. The molecule has 1 aromatic carbocycles. The number of ether oxygens (including phenoxy) is 2. The van der Waals surface area contributed by atoms with Gasteiger partial charge in [0.15, 0.2) is 11.5 Å². The van der Waals surface area contributed by atoms with E-state index in [4.69, 9.17) is 9.47 Å². The molecule has 8 heteroatoms. The number of carbonyl (C=O) groups is 3. The highest BCUT2D eigenvalue weighted by Gasteiger charge is 2.36. The number of benzene rings is 1. The van der Waals surface area contributed by atoms with Crippen LogP contribution >= 0.6 is 11.8 Å². The van der Waals surface area contributed by atoms with Gasteiger partial charge in [-0.05, 0) is 55.8 Å². The summed E-state index contributed by atoms with van der Waals surface area (Å²) in [5.41, 5.74) is 0.711. The van der Waals surface area contributed by atoms with Crippen LogP contribution in [0.2, 0.25) is 0 Å². The lowest BCUT2D eigenvalue weighted by Gasteiger charge is -2.12. The molecule has 0 radical (unpaired) electrons. The molecule has 1 heterocycles. The van der Waals surface area contributed by atoms with Crippen LogP contribution in [0.3, 0.4) is 0 Å². The fourth-order valence-electron chi connectivity index (χ4n) is 2.41. The molecule has 1 aromatic rings. The Balaban J connectivity index is 2.17. The Labute approximate surface area is 163 Å². The van der Waals surface area contributed by atoms with Crippen molar-refractivity contribution >= 4 is 34.9 Å². The summed E-state index contributed by atoms with van der Waals surface area (Å²) >= 11 is 0.823. The van der Waals surface area contributed by atoms with E-state index in [1.165, 1.54) is 0 Å². The van der Waals surface area contributed by atoms with Crippen molar-refractivity contribution in [3.8, 4) is 11.5 Å². The largest absolute Gasteiger partial charge is 0.490 e. The monoisotopic (exact) mass is 392 g/mol. The Bertz CT molecular complexity index is 748. The fraction of sp³-hybridized carbons (Fsp3) is 0.421. The highest BCUT2D eigenvalue weighted by atomic mass is 32.2. The van der Waals surface area contributed by atoms with Gasteiger partial charge in [-0.3, -0.25) is 19.3 Å². The second kappa shape index (κ2) is 10.0. The summed E-state index contributed by atoms with van der Waals surface area (Å²) < 4.78 is 11.1. The third kappa shape index (κ3) is 5.50. The molecule has 1 aliphatic heterocycles. The second-order valence-corrected chi connectivity index (χ2v) is 6.68. The molecule has 2 rings (SSSR count). The quantitative estimate of drug-likeness (QED) is 0.650. The van der Waals surface area contributed by atoms with Crippen LogP contribution in [0.5, 0.6) is 11.5 Å². The lowest BCUT2D eigenvalue weighted by Crippen LogP contribution is -2.39. The van der Waals surface area contributed by atoms with Crippen molar-refractivity contribution in [2.45, 2.75) is 27.2 Å². The van der Waals surface area contributed by atoms with Crippen LogP contribution in [-0.2, 0) is 9.59 Å². The molecule has 146 valence electrons. The van der Waals surface area contributed by atoms with E-state index in [1.54, 1.807) is 24.3 Å². The van der Waals surface area contributed by atoms with Crippen LogP contribution in [0.4, 0.5) is 4.79 Å². The van der Waals surface area contributed by atoms with E-state index < -0.39 is 11.1 Å². The van der Waals surface area contributed by atoms with Crippen molar-refractivity contribution in [2.75, 3.05) is 26.3 Å². The van der Waals surface area contributed by atoms with Gasteiger partial charge in [0.1, 0.15) is 6.54 Å². The third-order valence-corrected chi connectivity index (χ3v) is 4.52. The second-order valence-electron chi connectivity index (χ2n) is 5.69. The first-order valence-corrected chi connectivity index (χ1v) is 9.73. The molecule has 0 saturated carbocycles. The molecule has 0 atom stereocenters. The number of thioether (sulfide) groups is 1. The number of carbonyl (C=O) groups excluding carboxylic acids is 3. The van der Waals surface area contributed by atoms with Gasteiger partial charge < -0.3 is 14.8 Å².